The molecule has 23 heavy (non-hydrogen) atoms. The van der Waals surface area contributed by atoms with Gasteiger partial charge < -0.3 is 9.88 Å². The molecule has 0 spiro atoms. The van der Waals surface area contributed by atoms with Crippen molar-refractivity contribution in [3.63, 3.8) is 0 Å². The molecule has 1 aromatic heterocycles. The minimum absolute atomic E-state index is 0.0452. The number of rotatable bonds is 4. The predicted molar refractivity (Wildman–Crippen MR) is 92.6 cm³/mol. The summed E-state index contributed by atoms with van der Waals surface area (Å²) in [5.74, 6) is -0.103. The smallest absolute Gasteiger partial charge is 0.253 e. The summed E-state index contributed by atoms with van der Waals surface area (Å²) >= 11 is 0. The molecule has 3 rings (SSSR count). The molecule has 0 aliphatic heterocycles. The van der Waals surface area contributed by atoms with Gasteiger partial charge in [-0.15, -0.1) is 0 Å². The van der Waals surface area contributed by atoms with E-state index in [0.29, 0.717) is 12.1 Å². The van der Waals surface area contributed by atoms with Crippen LogP contribution in [0.25, 0.3) is 10.9 Å². The molecule has 1 heterocycles. The molecule has 1 amide bonds. The normalized spacial score (nSPS) is 10.7. The van der Waals surface area contributed by atoms with Gasteiger partial charge >= 0.3 is 0 Å². The van der Waals surface area contributed by atoms with Crippen molar-refractivity contribution in [2.24, 2.45) is 0 Å². The molecule has 2 aromatic carbocycles. The maximum absolute atomic E-state index is 12.4. The lowest BCUT2D eigenvalue weighted by atomic mass is 10.1. The van der Waals surface area contributed by atoms with Crippen LogP contribution in [-0.4, -0.2) is 10.5 Å². The summed E-state index contributed by atoms with van der Waals surface area (Å²) in [6.45, 7) is 2.16. The van der Waals surface area contributed by atoms with Gasteiger partial charge in [0.05, 0.1) is 5.52 Å². The maximum Gasteiger partial charge on any atom is 0.253 e. The first-order valence-corrected chi connectivity index (χ1v) is 7.59. The van der Waals surface area contributed by atoms with Crippen molar-refractivity contribution >= 4 is 22.5 Å². The maximum atomic E-state index is 12.4. The predicted octanol–water partition coefficient (Wildman–Crippen LogP) is 3.34. The molecule has 0 aliphatic rings. The fraction of sp³-hybridized carbons (Fsp3) is 0.158. The highest BCUT2D eigenvalue weighted by Gasteiger charge is 2.08. The van der Waals surface area contributed by atoms with E-state index in [9.17, 15) is 9.59 Å². The summed E-state index contributed by atoms with van der Waals surface area (Å²) < 4.78 is 1.68. The second-order valence-corrected chi connectivity index (χ2v) is 5.51. The minimum Gasteiger partial charge on any atom is -0.326 e. The molecule has 116 valence electrons. The highest BCUT2D eigenvalue weighted by atomic mass is 16.1. The van der Waals surface area contributed by atoms with Gasteiger partial charge in [-0.3, -0.25) is 9.59 Å². The van der Waals surface area contributed by atoms with Crippen molar-refractivity contribution in [3.8, 4) is 0 Å². The van der Waals surface area contributed by atoms with Crippen LogP contribution in [0.15, 0.2) is 65.5 Å². The molecule has 4 heteroatoms. The monoisotopic (exact) mass is 306 g/mol. The van der Waals surface area contributed by atoms with Crippen molar-refractivity contribution in [1.29, 1.82) is 0 Å². The van der Waals surface area contributed by atoms with E-state index < -0.39 is 0 Å². The molecule has 0 radical (unpaired) electrons. The number of para-hydroxylation sites is 2. The molecule has 0 aliphatic carbocycles. The Labute approximate surface area is 134 Å². The molecule has 0 saturated heterocycles. The van der Waals surface area contributed by atoms with Crippen LogP contribution in [-0.2, 0) is 11.3 Å². The number of nitrogens with one attached hydrogen (secondary N) is 1. The zero-order valence-corrected chi connectivity index (χ0v) is 13.0. The number of carbonyl (C=O) groups excluding carboxylic acids is 1. The van der Waals surface area contributed by atoms with Gasteiger partial charge in [0.25, 0.3) is 5.56 Å². The van der Waals surface area contributed by atoms with E-state index in [4.69, 9.17) is 0 Å². The fourth-order valence-corrected chi connectivity index (χ4v) is 2.65. The van der Waals surface area contributed by atoms with Crippen LogP contribution in [0.5, 0.6) is 0 Å². The summed E-state index contributed by atoms with van der Waals surface area (Å²) in [5, 5.41) is 3.85. The second-order valence-electron chi connectivity index (χ2n) is 5.51. The molecule has 0 unspecified atom stereocenters. The summed E-state index contributed by atoms with van der Waals surface area (Å²) in [4.78, 5) is 24.5. The van der Waals surface area contributed by atoms with Crippen LogP contribution in [0.3, 0.4) is 0 Å². The lowest BCUT2D eigenvalue weighted by molar-refractivity contribution is -0.116. The molecule has 0 atom stereocenters. The summed E-state index contributed by atoms with van der Waals surface area (Å²) in [6.07, 6.45) is 0.252. The summed E-state index contributed by atoms with van der Waals surface area (Å²) in [7, 11) is 0. The quantitative estimate of drug-likeness (QED) is 0.803. The lowest BCUT2D eigenvalue weighted by Crippen LogP contribution is -2.25. The number of pyridine rings is 1. The third-order valence-electron chi connectivity index (χ3n) is 3.80. The zero-order valence-electron chi connectivity index (χ0n) is 13.0. The third kappa shape index (κ3) is 3.31. The number of anilines is 1. The van der Waals surface area contributed by atoms with Gasteiger partial charge in [-0.2, -0.15) is 0 Å². The highest BCUT2D eigenvalue weighted by molar-refractivity contribution is 5.90. The van der Waals surface area contributed by atoms with Crippen LogP contribution in [0, 0.1) is 6.92 Å². The average molecular weight is 306 g/mol. The second kappa shape index (κ2) is 6.48. The number of aryl methyl sites for hydroxylation is 2. The number of nitrogens with zero attached hydrogens (tertiary/aromatic N) is 1. The summed E-state index contributed by atoms with van der Waals surface area (Å²) in [5.41, 5.74) is 2.26. The topological polar surface area (TPSA) is 51.1 Å². The molecule has 1 N–H and O–H groups in total. The van der Waals surface area contributed by atoms with Gasteiger partial charge in [0, 0.05) is 24.2 Å². The molecular formula is C19H18N2O2. The Balaban J connectivity index is 1.80. The van der Waals surface area contributed by atoms with Gasteiger partial charge in [0.2, 0.25) is 5.91 Å². The van der Waals surface area contributed by atoms with Crippen LogP contribution in [0.4, 0.5) is 5.69 Å². The van der Waals surface area contributed by atoms with Gasteiger partial charge in [-0.25, -0.2) is 0 Å². The lowest BCUT2D eigenvalue weighted by Gasteiger charge is -2.12. The Bertz CT molecular complexity index is 898. The van der Waals surface area contributed by atoms with E-state index in [1.807, 2.05) is 60.7 Å². The van der Waals surface area contributed by atoms with Crippen LogP contribution in [0.1, 0.15) is 12.0 Å². The molecule has 3 aromatic rings. The molecular weight excluding hydrogens is 288 g/mol. The van der Waals surface area contributed by atoms with Crippen LogP contribution < -0.4 is 10.9 Å². The summed E-state index contributed by atoms with van der Waals surface area (Å²) in [6, 6.07) is 18.9. The van der Waals surface area contributed by atoms with Crippen molar-refractivity contribution in [3.05, 3.63) is 76.6 Å². The third-order valence-corrected chi connectivity index (χ3v) is 3.80. The molecule has 0 fully saturated rings. The van der Waals surface area contributed by atoms with Crippen molar-refractivity contribution in [2.75, 3.05) is 5.32 Å². The fourth-order valence-electron chi connectivity index (χ4n) is 2.65. The SMILES string of the molecule is Cc1cc2ccccc2n(CCC(=O)Nc2ccccc2)c1=O. The Morgan fingerprint density at radius 1 is 1.04 bits per heavy atom. The van der Waals surface area contributed by atoms with Crippen LogP contribution in [0.2, 0.25) is 0 Å². The number of amides is 1. The van der Waals surface area contributed by atoms with E-state index in [1.165, 1.54) is 0 Å². The van der Waals surface area contributed by atoms with Crippen molar-refractivity contribution in [2.45, 2.75) is 19.9 Å². The van der Waals surface area contributed by atoms with E-state index in [2.05, 4.69) is 5.32 Å². The Hall–Kier alpha value is -2.88. The largest absolute Gasteiger partial charge is 0.326 e. The van der Waals surface area contributed by atoms with E-state index >= 15 is 0 Å². The minimum atomic E-state index is -0.103. The number of fused-ring (bicyclic) bond motifs is 1. The van der Waals surface area contributed by atoms with E-state index in [0.717, 1.165) is 16.6 Å². The van der Waals surface area contributed by atoms with Crippen molar-refractivity contribution < 1.29 is 4.79 Å². The Morgan fingerprint density at radius 3 is 2.52 bits per heavy atom. The number of benzene rings is 2. The average Bonchev–Trinajstić information content (AvgIpc) is 2.56. The van der Waals surface area contributed by atoms with E-state index in [1.54, 1.807) is 11.5 Å². The highest BCUT2D eigenvalue weighted by Crippen LogP contribution is 2.13. The number of hydrogen-bond acceptors (Lipinski definition) is 2. The Kier molecular flexibility index (Phi) is 4.24. The van der Waals surface area contributed by atoms with Gasteiger partial charge in [-0.1, -0.05) is 36.4 Å². The van der Waals surface area contributed by atoms with Crippen LogP contribution >= 0.6 is 0 Å². The zero-order chi connectivity index (χ0) is 16.2. The standard InChI is InChI=1S/C19H18N2O2/c1-14-13-15-7-5-6-10-17(15)21(19(14)23)12-11-18(22)20-16-8-3-2-4-9-16/h2-10,13H,11-12H2,1H3,(H,20,22). The molecule has 4 nitrogen and oxygen atoms in total. The number of hydrogen-bond donors (Lipinski definition) is 1. The first-order valence-electron chi connectivity index (χ1n) is 7.59. The van der Waals surface area contributed by atoms with Gasteiger partial charge in [0.1, 0.15) is 0 Å². The first kappa shape index (κ1) is 15.0. The molecule has 0 saturated carbocycles. The molecule has 0 bridgehead atoms. The van der Waals surface area contributed by atoms with Crippen molar-refractivity contribution in [1.82, 2.24) is 4.57 Å². The van der Waals surface area contributed by atoms with Gasteiger partial charge in [0.15, 0.2) is 0 Å². The number of aromatic nitrogens is 1. The Morgan fingerprint density at radius 2 is 1.74 bits per heavy atom. The number of carbonyl (C=O) groups is 1. The van der Waals surface area contributed by atoms with E-state index in [-0.39, 0.29) is 17.9 Å². The van der Waals surface area contributed by atoms with Gasteiger partial charge in [-0.05, 0) is 36.6 Å². The first-order chi connectivity index (χ1) is 11.1.